The summed E-state index contributed by atoms with van der Waals surface area (Å²) in [6, 6.07) is 9.14. The van der Waals surface area contributed by atoms with Gasteiger partial charge in [0, 0.05) is 20.6 Å². The third kappa shape index (κ3) is 3.48. The van der Waals surface area contributed by atoms with Gasteiger partial charge in [-0.05, 0) is 30.3 Å². The van der Waals surface area contributed by atoms with E-state index in [0.717, 1.165) is 0 Å². The number of aliphatic hydroxyl groups excluding tert-OH is 1. The summed E-state index contributed by atoms with van der Waals surface area (Å²) in [7, 11) is 0. The number of benzene rings is 2. The van der Waals surface area contributed by atoms with E-state index < -0.39 is 11.7 Å². The van der Waals surface area contributed by atoms with E-state index in [1.54, 1.807) is 12.1 Å². The Hall–Kier alpha value is -2.12. The number of rotatable bonds is 3. The number of nitrogens with one attached hydrogen (secondary N) is 1. The fraction of sp³-hybridized carbons (Fsp3) is 0.0625. The molecule has 0 fully saturated rings. The van der Waals surface area contributed by atoms with Crippen molar-refractivity contribution in [1.82, 2.24) is 9.97 Å². The monoisotopic (exact) mass is 397 g/mol. The normalized spacial score (nSPS) is 13.2. The Morgan fingerprint density at radius 1 is 1.12 bits per heavy atom. The zero-order valence-electron chi connectivity index (χ0n) is 12.4. The average Bonchev–Trinajstić information content (AvgIpc) is 2.56. The molecule has 0 spiro atoms. The van der Waals surface area contributed by atoms with Gasteiger partial charge in [0.2, 0.25) is 0 Å². The lowest BCUT2D eigenvalue weighted by Gasteiger charge is -2.14. The molecular formula is C16H10Cl3N3O3. The topological polar surface area (TPSA) is 98.6 Å². The highest BCUT2D eigenvalue weighted by Crippen LogP contribution is 2.28. The first-order valence-corrected chi connectivity index (χ1v) is 8.09. The molecule has 0 bridgehead atoms. The molecule has 3 rings (SSSR count). The Morgan fingerprint density at radius 3 is 2.48 bits per heavy atom. The molecule has 25 heavy (non-hydrogen) atoms. The SMILES string of the molecule is O=c1[nH]c2cc(Cl)ccc2nc1/C(=N\O)[C@@H](O)c1ccc(Cl)cc1Cl. The summed E-state index contributed by atoms with van der Waals surface area (Å²) in [6.45, 7) is 0. The van der Waals surface area contributed by atoms with Gasteiger partial charge in [-0.25, -0.2) is 4.98 Å². The number of hydrogen-bond donors (Lipinski definition) is 3. The molecule has 9 heteroatoms. The van der Waals surface area contributed by atoms with Gasteiger partial charge in [0.15, 0.2) is 5.69 Å². The number of nitrogens with zero attached hydrogens (tertiary/aromatic N) is 2. The van der Waals surface area contributed by atoms with Crippen molar-refractivity contribution in [2.75, 3.05) is 0 Å². The van der Waals surface area contributed by atoms with Gasteiger partial charge in [0.1, 0.15) is 11.8 Å². The minimum Gasteiger partial charge on any atom is -0.410 e. The molecule has 0 saturated heterocycles. The van der Waals surface area contributed by atoms with E-state index in [9.17, 15) is 15.1 Å². The first-order chi connectivity index (χ1) is 11.9. The second-order valence-corrected chi connectivity index (χ2v) is 6.41. The number of fused-ring (bicyclic) bond motifs is 1. The van der Waals surface area contributed by atoms with Crippen LogP contribution in [0.25, 0.3) is 11.0 Å². The predicted molar refractivity (Wildman–Crippen MR) is 97.1 cm³/mol. The molecule has 2 aromatic carbocycles. The lowest BCUT2D eigenvalue weighted by atomic mass is 10.0. The number of halogens is 3. The Kier molecular flexibility index (Phi) is 4.96. The van der Waals surface area contributed by atoms with Crippen LogP contribution in [0.4, 0.5) is 0 Å². The first-order valence-electron chi connectivity index (χ1n) is 6.95. The molecule has 0 amide bonds. The van der Waals surface area contributed by atoms with E-state index in [4.69, 9.17) is 34.8 Å². The van der Waals surface area contributed by atoms with Crippen molar-refractivity contribution in [2.45, 2.75) is 6.10 Å². The van der Waals surface area contributed by atoms with Crippen LogP contribution in [-0.2, 0) is 0 Å². The molecule has 0 saturated carbocycles. The third-order valence-electron chi connectivity index (χ3n) is 3.52. The standard InChI is InChI=1S/C16H10Cl3N3O3/c17-7-1-3-9(10(19)5-7)15(23)13(22-25)14-16(24)21-12-6-8(18)2-4-11(12)20-14/h1-6,15,23,25H,(H,21,24)/b22-13+/t15-/m0/s1. The number of aliphatic hydroxyl groups is 1. The van der Waals surface area contributed by atoms with Gasteiger partial charge >= 0.3 is 0 Å². The molecule has 1 heterocycles. The van der Waals surface area contributed by atoms with Crippen LogP contribution >= 0.6 is 34.8 Å². The maximum atomic E-state index is 12.3. The van der Waals surface area contributed by atoms with Gasteiger partial charge in [-0.3, -0.25) is 4.79 Å². The van der Waals surface area contributed by atoms with Crippen LogP contribution in [0, 0.1) is 0 Å². The second kappa shape index (κ2) is 7.01. The van der Waals surface area contributed by atoms with Crippen LogP contribution < -0.4 is 5.56 Å². The summed E-state index contributed by atoms with van der Waals surface area (Å²) < 4.78 is 0. The quantitative estimate of drug-likeness (QED) is 0.355. The summed E-state index contributed by atoms with van der Waals surface area (Å²) in [5.41, 5.74) is -0.187. The van der Waals surface area contributed by atoms with Crippen molar-refractivity contribution < 1.29 is 10.3 Å². The van der Waals surface area contributed by atoms with Crippen molar-refractivity contribution in [3.05, 3.63) is 73.1 Å². The van der Waals surface area contributed by atoms with Gasteiger partial charge in [-0.2, -0.15) is 0 Å². The molecule has 0 aliphatic heterocycles. The highest BCUT2D eigenvalue weighted by atomic mass is 35.5. The van der Waals surface area contributed by atoms with Crippen molar-refractivity contribution in [3.63, 3.8) is 0 Å². The maximum Gasteiger partial charge on any atom is 0.276 e. The summed E-state index contributed by atoms with van der Waals surface area (Å²) >= 11 is 17.8. The number of aromatic amines is 1. The molecule has 0 unspecified atom stereocenters. The highest BCUT2D eigenvalue weighted by Gasteiger charge is 2.24. The van der Waals surface area contributed by atoms with Gasteiger partial charge in [-0.1, -0.05) is 46.0 Å². The van der Waals surface area contributed by atoms with Gasteiger partial charge in [0.25, 0.3) is 5.56 Å². The van der Waals surface area contributed by atoms with Crippen LogP contribution in [0.2, 0.25) is 15.1 Å². The molecule has 1 atom stereocenters. The minimum atomic E-state index is -1.48. The Balaban J connectivity index is 2.12. The second-order valence-electron chi connectivity index (χ2n) is 5.13. The summed E-state index contributed by atoms with van der Waals surface area (Å²) in [5.74, 6) is 0. The Bertz CT molecular complexity index is 1050. The molecule has 0 aliphatic carbocycles. The van der Waals surface area contributed by atoms with E-state index in [1.165, 1.54) is 24.3 Å². The maximum absolute atomic E-state index is 12.3. The summed E-state index contributed by atoms with van der Waals surface area (Å²) in [5, 5.41) is 23.9. The van der Waals surface area contributed by atoms with Gasteiger partial charge < -0.3 is 15.3 Å². The van der Waals surface area contributed by atoms with E-state index in [2.05, 4.69) is 15.1 Å². The zero-order chi connectivity index (χ0) is 18.1. The smallest absolute Gasteiger partial charge is 0.276 e. The van der Waals surface area contributed by atoms with Crippen LogP contribution in [0.15, 0.2) is 46.3 Å². The molecule has 128 valence electrons. The van der Waals surface area contributed by atoms with Crippen molar-refractivity contribution in [2.24, 2.45) is 5.16 Å². The van der Waals surface area contributed by atoms with E-state index in [1.807, 2.05) is 0 Å². The third-order valence-corrected chi connectivity index (χ3v) is 4.32. The summed E-state index contributed by atoms with van der Waals surface area (Å²) in [6.07, 6.45) is -1.48. The lowest BCUT2D eigenvalue weighted by molar-refractivity contribution is 0.235. The minimum absolute atomic E-state index is 0.158. The Labute approximate surface area is 156 Å². The lowest BCUT2D eigenvalue weighted by Crippen LogP contribution is -2.25. The fourth-order valence-electron chi connectivity index (χ4n) is 2.33. The van der Waals surface area contributed by atoms with E-state index >= 15 is 0 Å². The molecule has 1 aromatic heterocycles. The van der Waals surface area contributed by atoms with Crippen LogP contribution in [0.5, 0.6) is 0 Å². The molecule has 6 nitrogen and oxygen atoms in total. The predicted octanol–water partition coefficient (Wildman–Crippen LogP) is 3.80. The molecule has 0 radical (unpaired) electrons. The highest BCUT2D eigenvalue weighted by molar-refractivity contribution is 6.35. The van der Waals surface area contributed by atoms with Crippen molar-refractivity contribution >= 4 is 51.5 Å². The average molecular weight is 399 g/mol. The number of oxime groups is 1. The van der Waals surface area contributed by atoms with Gasteiger partial charge in [0.05, 0.1) is 11.0 Å². The van der Waals surface area contributed by atoms with Crippen LogP contribution in [-0.4, -0.2) is 26.0 Å². The number of hydrogen-bond acceptors (Lipinski definition) is 5. The van der Waals surface area contributed by atoms with Gasteiger partial charge in [-0.15, -0.1) is 0 Å². The molecule has 3 N–H and O–H groups in total. The zero-order valence-corrected chi connectivity index (χ0v) is 14.6. The largest absolute Gasteiger partial charge is 0.410 e. The molecular weight excluding hydrogens is 389 g/mol. The van der Waals surface area contributed by atoms with Crippen LogP contribution in [0.1, 0.15) is 17.4 Å². The molecule has 0 aliphatic rings. The fourth-order valence-corrected chi connectivity index (χ4v) is 3.02. The molecule has 3 aromatic rings. The van der Waals surface area contributed by atoms with Crippen molar-refractivity contribution in [1.29, 1.82) is 0 Å². The first kappa shape index (κ1) is 17.7. The summed E-state index contributed by atoms with van der Waals surface area (Å²) in [4.78, 5) is 19.0. The van der Waals surface area contributed by atoms with Crippen molar-refractivity contribution in [3.8, 4) is 0 Å². The Morgan fingerprint density at radius 2 is 1.80 bits per heavy atom. The number of aromatic nitrogens is 2. The van der Waals surface area contributed by atoms with E-state index in [-0.39, 0.29) is 22.0 Å². The van der Waals surface area contributed by atoms with E-state index in [0.29, 0.717) is 21.1 Å². The van der Waals surface area contributed by atoms with Crippen LogP contribution in [0.3, 0.4) is 0 Å². The number of H-pyrrole nitrogens is 1.